The molecule has 2 aromatic heterocycles. The second kappa shape index (κ2) is 6.72. The highest BCUT2D eigenvalue weighted by atomic mass is 32.2. The van der Waals surface area contributed by atoms with Crippen LogP contribution in [0.4, 0.5) is 11.5 Å². The molecule has 28 heavy (non-hydrogen) atoms. The lowest BCUT2D eigenvalue weighted by atomic mass is 10.2. The van der Waals surface area contributed by atoms with Crippen molar-refractivity contribution in [3.8, 4) is 5.69 Å². The third-order valence-electron chi connectivity index (χ3n) is 4.58. The summed E-state index contributed by atoms with van der Waals surface area (Å²) < 4.78 is 25.7. The minimum atomic E-state index is -3.33. The van der Waals surface area contributed by atoms with Gasteiger partial charge in [0.15, 0.2) is 9.84 Å². The average molecular weight is 393 g/mol. The Balaban J connectivity index is 1.75. The summed E-state index contributed by atoms with van der Waals surface area (Å²) in [5.74, 6) is 0.530. The lowest BCUT2D eigenvalue weighted by Gasteiger charge is -2.10. The van der Waals surface area contributed by atoms with Crippen molar-refractivity contribution >= 4 is 32.2 Å². The highest BCUT2D eigenvalue weighted by Crippen LogP contribution is 2.27. The van der Waals surface area contributed by atoms with E-state index in [-0.39, 0.29) is 4.90 Å². The number of sulfone groups is 1. The van der Waals surface area contributed by atoms with Gasteiger partial charge < -0.3 is 5.32 Å². The monoisotopic (exact) mass is 393 g/mol. The van der Waals surface area contributed by atoms with E-state index in [0.717, 1.165) is 17.1 Å². The molecule has 4 aromatic rings. The first-order valence-electron chi connectivity index (χ1n) is 8.66. The van der Waals surface area contributed by atoms with E-state index >= 15 is 0 Å². The number of fused-ring (bicyclic) bond motifs is 1. The topological polar surface area (TPSA) is 89.8 Å². The fraction of sp³-hybridized carbons (Fsp3) is 0.150. The highest BCUT2D eigenvalue weighted by molar-refractivity contribution is 7.90. The van der Waals surface area contributed by atoms with Gasteiger partial charge in [0.1, 0.15) is 12.1 Å². The normalized spacial score (nSPS) is 11.7. The molecule has 142 valence electrons. The van der Waals surface area contributed by atoms with Crippen LogP contribution in [0.15, 0.2) is 59.9 Å². The summed E-state index contributed by atoms with van der Waals surface area (Å²) in [6, 6.07) is 12.9. The molecule has 2 heterocycles. The van der Waals surface area contributed by atoms with Crippen molar-refractivity contribution in [3.63, 3.8) is 0 Å². The van der Waals surface area contributed by atoms with Gasteiger partial charge in [0.25, 0.3) is 0 Å². The minimum absolute atomic E-state index is 0.227. The molecule has 0 unspecified atom stereocenters. The summed E-state index contributed by atoms with van der Waals surface area (Å²) in [6.07, 6.45) is 4.36. The quantitative estimate of drug-likeness (QED) is 0.570. The van der Waals surface area contributed by atoms with Crippen LogP contribution in [-0.4, -0.2) is 34.4 Å². The molecule has 0 radical (unpaired) electrons. The second-order valence-electron chi connectivity index (χ2n) is 6.69. The number of nitrogens with zero attached hydrogens (tertiary/aromatic N) is 4. The number of nitrogens with one attached hydrogen (secondary N) is 1. The van der Waals surface area contributed by atoms with Gasteiger partial charge in [-0.1, -0.05) is 17.7 Å². The molecular weight excluding hydrogens is 374 g/mol. The van der Waals surface area contributed by atoms with Crippen molar-refractivity contribution in [2.24, 2.45) is 0 Å². The summed E-state index contributed by atoms with van der Waals surface area (Å²) in [5, 5.41) is 8.36. The maximum atomic E-state index is 11.9. The average Bonchev–Trinajstić information content (AvgIpc) is 3.02. The molecule has 7 nitrogen and oxygen atoms in total. The van der Waals surface area contributed by atoms with E-state index in [2.05, 4.69) is 20.4 Å². The first kappa shape index (κ1) is 18.1. The van der Waals surface area contributed by atoms with Gasteiger partial charge in [0.2, 0.25) is 0 Å². The molecule has 0 saturated heterocycles. The van der Waals surface area contributed by atoms with Crippen LogP contribution >= 0.6 is 0 Å². The summed E-state index contributed by atoms with van der Waals surface area (Å²) in [4.78, 5) is 8.76. The summed E-state index contributed by atoms with van der Waals surface area (Å²) in [5.41, 5.74) is 4.50. The predicted molar refractivity (Wildman–Crippen MR) is 109 cm³/mol. The lowest BCUT2D eigenvalue weighted by molar-refractivity contribution is 0.602. The molecule has 0 aliphatic heterocycles. The number of hydrogen-bond acceptors (Lipinski definition) is 6. The van der Waals surface area contributed by atoms with Crippen LogP contribution in [0.25, 0.3) is 16.6 Å². The molecule has 0 saturated carbocycles. The maximum Gasteiger partial charge on any atom is 0.175 e. The maximum absolute atomic E-state index is 11.9. The number of rotatable bonds is 4. The van der Waals surface area contributed by atoms with Gasteiger partial charge in [-0.2, -0.15) is 5.10 Å². The molecule has 0 bridgehead atoms. The van der Waals surface area contributed by atoms with E-state index < -0.39 is 9.84 Å². The fourth-order valence-corrected chi connectivity index (χ4v) is 3.62. The number of anilines is 2. The van der Waals surface area contributed by atoms with Crippen LogP contribution in [-0.2, 0) is 9.84 Å². The Labute approximate surface area is 163 Å². The second-order valence-corrected chi connectivity index (χ2v) is 8.71. The Hall–Kier alpha value is -3.26. The van der Waals surface area contributed by atoms with Crippen molar-refractivity contribution in [2.75, 3.05) is 11.6 Å². The molecule has 0 fully saturated rings. The van der Waals surface area contributed by atoms with Crippen molar-refractivity contribution < 1.29 is 8.42 Å². The third-order valence-corrected chi connectivity index (χ3v) is 5.69. The first-order valence-corrected chi connectivity index (χ1v) is 10.6. The largest absolute Gasteiger partial charge is 0.337 e. The first-order chi connectivity index (χ1) is 13.3. The molecule has 0 aliphatic rings. The Kier molecular flexibility index (Phi) is 4.35. The van der Waals surface area contributed by atoms with Crippen LogP contribution in [0, 0.1) is 13.8 Å². The number of benzene rings is 2. The lowest BCUT2D eigenvalue weighted by Crippen LogP contribution is -2.02. The summed E-state index contributed by atoms with van der Waals surface area (Å²) in [6.45, 7) is 4.00. The fourth-order valence-electron chi connectivity index (χ4n) is 2.97. The van der Waals surface area contributed by atoms with E-state index in [4.69, 9.17) is 0 Å². The van der Waals surface area contributed by atoms with Gasteiger partial charge in [-0.15, -0.1) is 0 Å². The van der Waals surface area contributed by atoms with E-state index in [1.165, 1.54) is 18.1 Å². The van der Waals surface area contributed by atoms with Gasteiger partial charge in [0, 0.05) is 11.6 Å². The van der Waals surface area contributed by atoms with Crippen LogP contribution < -0.4 is 5.32 Å². The van der Waals surface area contributed by atoms with Gasteiger partial charge in [-0.3, -0.25) is 0 Å². The zero-order valence-corrected chi connectivity index (χ0v) is 16.5. The van der Waals surface area contributed by atoms with E-state index in [1.807, 2.05) is 42.8 Å². The number of hydrogen-bond donors (Lipinski definition) is 1. The Morgan fingerprint density at radius 1 is 1.00 bits per heavy atom. The van der Waals surface area contributed by atoms with Crippen molar-refractivity contribution in [1.29, 1.82) is 0 Å². The van der Waals surface area contributed by atoms with E-state index in [9.17, 15) is 8.42 Å². The minimum Gasteiger partial charge on any atom is -0.337 e. The van der Waals surface area contributed by atoms with E-state index in [1.54, 1.807) is 24.4 Å². The summed E-state index contributed by atoms with van der Waals surface area (Å²) in [7, 11) is -3.33. The molecule has 0 atom stereocenters. The van der Waals surface area contributed by atoms with Gasteiger partial charge in [0.05, 0.1) is 33.7 Å². The Morgan fingerprint density at radius 2 is 1.75 bits per heavy atom. The summed E-state index contributed by atoms with van der Waals surface area (Å²) >= 11 is 0. The van der Waals surface area contributed by atoms with Crippen molar-refractivity contribution in [3.05, 3.63) is 66.2 Å². The van der Waals surface area contributed by atoms with Gasteiger partial charge in [-0.25, -0.2) is 23.1 Å². The highest BCUT2D eigenvalue weighted by Gasteiger charge is 2.14. The molecule has 8 heteroatoms. The van der Waals surface area contributed by atoms with Crippen molar-refractivity contribution in [1.82, 2.24) is 19.7 Å². The van der Waals surface area contributed by atoms with Crippen LogP contribution in [0.2, 0.25) is 0 Å². The smallest absolute Gasteiger partial charge is 0.175 e. The van der Waals surface area contributed by atoms with Crippen LogP contribution in [0.5, 0.6) is 0 Å². The Bertz CT molecular complexity index is 1280. The molecule has 2 aromatic carbocycles. The van der Waals surface area contributed by atoms with Crippen molar-refractivity contribution in [2.45, 2.75) is 18.7 Å². The Morgan fingerprint density at radius 3 is 2.46 bits per heavy atom. The zero-order valence-electron chi connectivity index (χ0n) is 15.7. The van der Waals surface area contributed by atoms with Crippen LogP contribution in [0.1, 0.15) is 11.3 Å². The molecule has 0 spiro atoms. The number of aryl methyl sites for hydroxylation is 1. The molecule has 0 aliphatic carbocycles. The molecule has 4 rings (SSSR count). The zero-order chi connectivity index (χ0) is 19.9. The molecule has 1 N–H and O–H groups in total. The van der Waals surface area contributed by atoms with Crippen LogP contribution in [0.3, 0.4) is 0 Å². The standard InChI is InChI=1S/C20H19N5O2S/c1-13-4-6-15(7-5-13)25-14(2)19(11-23-25)24-20-17-10-16(28(3,26)27)8-9-18(17)21-12-22-20/h4-12H,1-3H3,(H,21,22,24). The van der Waals surface area contributed by atoms with E-state index in [0.29, 0.717) is 16.7 Å². The third kappa shape index (κ3) is 3.34. The molecule has 0 amide bonds. The molecular formula is C20H19N5O2S. The van der Waals surface area contributed by atoms with Gasteiger partial charge in [-0.05, 0) is 44.2 Å². The number of aromatic nitrogens is 4. The van der Waals surface area contributed by atoms with Gasteiger partial charge >= 0.3 is 0 Å². The predicted octanol–water partition coefficient (Wildman–Crippen LogP) is 3.58. The SMILES string of the molecule is Cc1ccc(-n2ncc(Nc3ncnc4ccc(S(C)(=O)=O)cc34)c2C)cc1.